The molecule has 0 spiro atoms. The lowest BCUT2D eigenvalue weighted by Gasteiger charge is -2.39. The fraction of sp³-hybridized carbons (Fsp3) is 0.417. The number of rotatable bonds is 4. The van der Waals surface area contributed by atoms with Crippen LogP contribution in [-0.4, -0.2) is 75.3 Å². The molecule has 3 heterocycles. The number of nitrogens with zero attached hydrogens (tertiary/aromatic N) is 3. The van der Waals surface area contributed by atoms with Crippen molar-refractivity contribution >= 4 is 44.8 Å². The molecule has 35 heavy (non-hydrogen) atoms. The first-order valence-corrected chi connectivity index (χ1v) is 13.5. The molecule has 1 N–H and O–H groups in total. The number of hydrogen-bond acceptors (Lipinski definition) is 6. The molecule has 0 aromatic heterocycles. The molecule has 5 rings (SSSR count). The summed E-state index contributed by atoms with van der Waals surface area (Å²) in [6.45, 7) is 2.95. The quantitative estimate of drug-likeness (QED) is 0.667. The fourth-order valence-corrected chi connectivity index (χ4v) is 6.90. The summed E-state index contributed by atoms with van der Waals surface area (Å²) in [5, 5.41) is 2.62. The lowest BCUT2D eigenvalue weighted by Crippen LogP contribution is -2.53. The summed E-state index contributed by atoms with van der Waals surface area (Å²) in [5.74, 6) is -0.464. The topological polar surface area (TPSA) is 99.3 Å². The normalized spacial score (nSPS) is 21.2. The number of piperazine rings is 1. The number of hydrogen-bond donors (Lipinski definition) is 1. The molecule has 2 saturated heterocycles. The molecule has 2 aromatic rings. The lowest BCUT2D eigenvalue weighted by atomic mass is 9.97. The van der Waals surface area contributed by atoms with E-state index >= 15 is 0 Å². The van der Waals surface area contributed by atoms with Crippen molar-refractivity contribution in [3.8, 4) is 5.75 Å². The van der Waals surface area contributed by atoms with Gasteiger partial charge in [-0.25, -0.2) is 8.42 Å². The number of benzene rings is 2. The molecule has 0 saturated carbocycles. The highest BCUT2D eigenvalue weighted by Crippen LogP contribution is 2.37. The van der Waals surface area contributed by atoms with E-state index in [1.54, 1.807) is 0 Å². The van der Waals surface area contributed by atoms with Gasteiger partial charge in [0, 0.05) is 51.0 Å². The van der Waals surface area contributed by atoms with Crippen LogP contribution in [-0.2, 0) is 19.6 Å². The number of carbonyl (C=O) groups is 2. The number of halogens is 1. The molecule has 2 aromatic carbocycles. The summed E-state index contributed by atoms with van der Waals surface area (Å²) in [5.41, 5.74) is 1.48. The van der Waals surface area contributed by atoms with Crippen LogP contribution in [0.3, 0.4) is 0 Å². The molecule has 0 unspecified atom stereocenters. The molecule has 3 aliphatic heterocycles. The van der Waals surface area contributed by atoms with Gasteiger partial charge in [-0.15, -0.1) is 0 Å². The first-order valence-electron chi connectivity index (χ1n) is 11.7. The van der Waals surface area contributed by atoms with E-state index in [-0.39, 0.29) is 40.6 Å². The van der Waals surface area contributed by atoms with Gasteiger partial charge in [0.25, 0.3) is 5.91 Å². The van der Waals surface area contributed by atoms with Crippen molar-refractivity contribution in [3.05, 3.63) is 47.5 Å². The van der Waals surface area contributed by atoms with Crippen molar-refractivity contribution in [1.29, 1.82) is 0 Å². The summed E-state index contributed by atoms with van der Waals surface area (Å²) >= 11 is 6.31. The zero-order chi connectivity index (χ0) is 24.6. The fourth-order valence-electron chi connectivity index (χ4n) is 4.86. The van der Waals surface area contributed by atoms with Crippen molar-refractivity contribution < 1.29 is 22.7 Å². The highest BCUT2D eigenvalue weighted by molar-refractivity contribution is 7.89. The number of carbonyl (C=O) groups excluding carboxylic acids is 2. The van der Waals surface area contributed by atoms with Gasteiger partial charge in [0.2, 0.25) is 15.9 Å². The Hall–Kier alpha value is -2.82. The predicted molar refractivity (Wildman–Crippen MR) is 132 cm³/mol. The van der Waals surface area contributed by atoms with E-state index in [9.17, 15) is 18.0 Å². The van der Waals surface area contributed by atoms with E-state index in [1.165, 1.54) is 16.4 Å². The first-order chi connectivity index (χ1) is 16.8. The molecule has 3 aliphatic rings. The van der Waals surface area contributed by atoms with Gasteiger partial charge < -0.3 is 19.9 Å². The van der Waals surface area contributed by atoms with Crippen LogP contribution in [0.5, 0.6) is 5.75 Å². The summed E-state index contributed by atoms with van der Waals surface area (Å²) in [6.07, 6.45) is 1.24. The molecule has 186 valence electrons. The second kappa shape index (κ2) is 9.67. The van der Waals surface area contributed by atoms with Gasteiger partial charge in [-0.05, 0) is 31.0 Å². The minimum absolute atomic E-state index is 0.0000314. The smallest absolute Gasteiger partial charge is 0.262 e. The van der Waals surface area contributed by atoms with Crippen LogP contribution in [0.2, 0.25) is 5.02 Å². The third kappa shape index (κ3) is 4.82. The van der Waals surface area contributed by atoms with Gasteiger partial charge >= 0.3 is 0 Å². The SMILES string of the molecule is O=C1COc2cc(S(=O)(=O)N3CCC[C@@H](C(=O)N4CCN(c5ccccc5)CC4)C3)c(Cl)cc2N1. The minimum atomic E-state index is -3.95. The van der Waals surface area contributed by atoms with Gasteiger partial charge in [0.1, 0.15) is 10.6 Å². The van der Waals surface area contributed by atoms with Gasteiger partial charge in [-0.1, -0.05) is 29.8 Å². The number of nitrogens with one attached hydrogen (secondary N) is 1. The standard InChI is InChI=1S/C24H27ClN4O5S/c25-19-13-20-21(34-16-23(30)26-20)14-22(19)35(32,33)29-8-4-5-17(15-29)24(31)28-11-9-27(10-12-28)18-6-2-1-3-7-18/h1-3,6-7,13-14,17H,4-5,8-12,15-16H2,(H,26,30)/t17-/m1/s1. The Balaban J connectivity index is 1.27. The molecule has 2 fully saturated rings. The second-order valence-corrected chi connectivity index (χ2v) is 11.3. The molecular weight excluding hydrogens is 492 g/mol. The number of piperidine rings is 1. The second-order valence-electron chi connectivity index (χ2n) is 8.97. The maximum Gasteiger partial charge on any atom is 0.262 e. The minimum Gasteiger partial charge on any atom is -0.482 e. The van der Waals surface area contributed by atoms with Gasteiger partial charge in [0.15, 0.2) is 6.61 Å². The zero-order valence-corrected chi connectivity index (χ0v) is 20.7. The highest BCUT2D eigenvalue weighted by atomic mass is 35.5. The van der Waals surface area contributed by atoms with Gasteiger partial charge in [0.05, 0.1) is 16.6 Å². The number of ether oxygens (including phenoxy) is 1. The van der Waals surface area contributed by atoms with E-state index in [2.05, 4.69) is 22.3 Å². The molecule has 1 atom stereocenters. The monoisotopic (exact) mass is 518 g/mol. The largest absolute Gasteiger partial charge is 0.482 e. The van der Waals surface area contributed by atoms with Crippen LogP contribution in [0.15, 0.2) is 47.4 Å². The molecule has 2 amide bonds. The summed E-state index contributed by atoms with van der Waals surface area (Å²) in [7, 11) is -3.95. The maximum absolute atomic E-state index is 13.5. The summed E-state index contributed by atoms with van der Waals surface area (Å²) in [4.78, 5) is 28.9. The van der Waals surface area contributed by atoms with Crippen molar-refractivity contribution in [2.24, 2.45) is 5.92 Å². The summed E-state index contributed by atoms with van der Waals surface area (Å²) < 4.78 is 33.7. The third-order valence-electron chi connectivity index (χ3n) is 6.73. The average molecular weight is 519 g/mol. The number of anilines is 2. The molecule has 9 nitrogen and oxygen atoms in total. The van der Waals surface area contributed by atoms with E-state index in [1.807, 2.05) is 23.1 Å². The predicted octanol–water partition coefficient (Wildman–Crippen LogP) is 2.42. The van der Waals surface area contributed by atoms with Crippen molar-refractivity contribution in [3.63, 3.8) is 0 Å². The Kier molecular flexibility index (Phi) is 6.61. The Morgan fingerprint density at radius 1 is 1.06 bits per heavy atom. The Morgan fingerprint density at radius 3 is 2.54 bits per heavy atom. The van der Waals surface area contributed by atoms with E-state index in [0.717, 1.165) is 18.8 Å². The van der Waals surface area contributed by atoms with E-state index < -0.39 is 15.9 Å². The average Bonchev–Trinajstić information content (AvgIpc) is 2.88. The van der Waals surface area contributed by atoms with E-state index in [0.29, 0.717) is 38.2 Å². The Bertz CT molecular complexity index is 1230. The molecular formula is C24H27ClN4O5S. The molecule has 0 radical (unpaired) electrons. The van der Waals surface area contributed by atoms with Crippen LogP contribution in [0.1, 0.15) is 12.8 Å². The number of amides is 2. The zero-order valence-electron chi connectivity index (χ0n) is 19.2. The van der Waals surface area contributed by atoms with Crippen LogP contribution < -0.4 is 15.0 Å². The summed E-state index contributed by atoms with van der Waals surface area (Å²) in [6, 6.07) is 12.8. The van der Waals surface area contributed by atoms with Crippen molar-refractivity contribution in [2.75, 3.05) is 56.1 Å². The highest BCUT2D eigenvalue weighted by Gasteiger charge is 2.37. The van der Waals surface area contributed by atoms with Crippen LogP contribution in [0.4, 0.5) is 11.4 Å². The molecule has 11 heteroatoms. The van der Waals surface area contributed by atoms with Gasteiger partial charge in [-0.2, -0.15) is 4.31 Å². The molecule has 0 aliphatic carbocycles. The lowest BCUT2D eigenvalue weighted by molar-refractivity contribution is -0.137. The Morgan fingerprint density at radius 2 is 1.80 bits per heavy atom. The number of para-hydroxylation sites is 1. The van der Waals surface area contributed by atoms with E-state index in [4.69, 9.17) is 16.3 Å². The van der Waals surface area contributed by atoms with Crippen molar-refractivity contribution in [2.45, 2.75) is 17.7 Å². The number of sulfonamides is 1. The molecule has 0 bridgehead atoms. The van der Waals surface area contributed by atoms with Crippen LogP contribution >= 0.6 is 11.6 Å². The van der Waals surface area contributed by atoms with Gasteiger partial charge in [-0.3, -0.25) is 9.59 Å². The maximum atomic E-state index is 13.5. The Labute approximate surface area is 209 Å². The third-order valence-corrected chi connectivity index (χ3v) is 9.06. The number of fused-ring (bicyclic) bond motifs is 1. The van der Waals surface area contributed by atoms with Crippen LogP contribution in [0, 0.1) is 5.92 Å². The van der Waals surface area contributed by atoms with Crippen molar-refractivity contribution in [1.82, 2.24) is 9.21 Å². The van der Waals surface area contributed by atoms with Crippen LogP contribution in [0.25, 0.3) is 0 Å². The first kappa shape index (κ1) is 23.9.